The Balaban J connectivity index is 1.62. The largest absolute Gasteiger partial charge is 0.338 e. The van der Waals surface area contributed by atoms with Crippen LogP contribution in [0.25, 0.3) is 10.2 Å². The van der Waals surface area contributed by atoms with Gasteiger partial charge in [-0.3, -0.25) is 9.59 Å². The standard InChI is InChI=1S/C18H19N3O2S/c1-12-3-5-13(6-4-12)7-8-16(22)21(2)11-15-19-14-9-10-24-17(14)18(23)20-15/h3-6,9-10H,7-8,11H2,1-2H3,(H,19,20,23). The number of aryl methyl sites for hydroxylation is 2. The molecule has 3 aromatic rings. The Morgan fingerprint density at radius 1 is 1.25 bits per heavy atom. The molecule has 2 aromatic heterocycles. The van der Waals surface area contributed by atoms with Crippen LogP contribution in [-0.4, -0.2) is 27.8 Å². The molecule has 0 aliphatic rings. The molecule has 0 aliphatic carbocycles. The topological polar surface area (TPSA) is 66.1 Å². The van der Waals surface area contributed by atoms with Crippen LogP contribution >= 0.6 is 11.3 Å². The minimum Gasteiger partial charge on any atom is -0.338 e. The molecule has 1 amide bonds. The van der Waals surface area contributed by atoms with Crippen molar-refractivity contribution in [3.8, 4) is 0 Å². The van der Waals surface area contributed by atoms with Gasteiger partial charge in [-0.15, -0.1) is 11.3 Å². The van der Waals surface area contributed by atoms with Crippen molar-refractivity contribution in [3.05, 3.63) is 63.0 Å². The van der Waals surface area contributed by atoms with E-state index in [1.165, 1.54) is 16.9 Å². The van der Waals surface area contributed by atoms with E-state index in [1.807, 2.05) is 42.6 Å². The highest BCUT2D eigenvalue weighted by Gasteiger charge is 2.12. The van der Waals surface area contributed by atoms with Crippen molar-refractivity contribution >= 4 is 27.5 Å². The highest BCUT2D eigenvalue weighted by molar-refractivity contribution is 7.17. The summed E-state index contributed by atoms with van der Waals surface area (Å²) in [6.07, 6.45) is 1.14. The number of benzene rings is 1. The second-order valence-corrected chi connectivity index (χ2v) is 6.80. The van der Waals surface area contributed by atoms with Crippen LogP contribution in [0.5, 0.6) is 0 Å². The van der Waals surface area contributed by atoms with E-state index in [4.69, 9.17) is 0 Å². The van der Waals surface area contributed by atoms with Gasteiger partial charge in [0.1, 0.15) is 10.5 Å². The fraction of sp³-hybridized carbons (Fsp3) is 0.278. The third kappa shape index (κ3) is 3.71. The predicted octanol–water partition coefficient (Wildman–Crippen LogP) is 2.88. The number of nitrogens with zero attached hydrogens (tertiary/aromatic N) is 2. The first-order valence-electron chi connectivity index (χ1n) is 7.79. The highest BCUT2D eigenvalue weighted by Crippen LogP contribution is 2.14. The van der Waals surface area contributed by atoms with Crippen LogP contribution in [0.4, 0.5) is 0 Å². The van der Waals surface area contributed by atoms with Gasteiger partial charge in [0, 0.05) is 13.5 Å². The molecule has 0 spiro atoms. The van der Waals surface area contributed by atoms with Gasteiger partial charge in [0.15, 0.2) is 0 Å². The number of H-pyrrole nitrogens is 1. The average Bonchev–Trinajstić information content (AvgIpc) is 3.03. The molecule has 2 heterocycles. The maximum atomic E-state index is 12.3. The molecule has 0 atom stereocenters. The van der Waals surface area contributed by atoms with Crippen LogP contribution in [0.2, 0.25) is 0 Å². The fourth-order valence-corrected chi connectivity index (χ4v) is 3.23. The summed E-state index contributed by atoms with van der Waals surface area (Å²) in [6, 6.07) is 10.0. The van der Waals surface area contributed by atoms with Gasteiger partial charge in [-0.1, -0.05) is 29.8 Å². The van der Waals surface area contributed by atoms with E-state index < -0.39 is 0 Å². The first kappa shape index (κ1) is 16.4. The smallest absolute Gasteiger partial charge is 0.268 e. The summed E-state index contributed by atoms with van der Waals surface area (Å²) >= 11 is 1.37. The quantitative estimate of drug-likeness (QED) is 0.776. The van der Waals surface area contributed by atoms with E-state index >= 15 is 0 Å². The summed E-state index contributed by atoms with van der Waals surface area (Å²) in [6.45, 7) is 2.34. The number of amides is 1. The van der Waals surface area contributed by atoms with Crippen LogP contribution < -0.4 is 5.56 Å². The first-order chi connectivity index (χ1) is 11.5. The zero-order valence-electron chi connectivity index (χ0n) is 13.7. The Morgan fingerprint density at radius 2 is 2.00 bits per heavy atom. The lowest BCUT2D eigenvalue weighted by atomic mass is 10.1. The maximum absolute atomic E-state index is 12.3. The molecule has 0 bridgehead atoms. The Labute approximate surface area is 144 Å². The summed E-state index contributed by atoms with van der Waals surface area (Å²) in [5, 5.41) is 1.84. The van der Waals surface area contributed by atoms with Crippen LogP contribution in [0.3, 0.4) is 0 Å². The summed E-state index contributed by atoms with van der Waals surface area (Å²) < 4.78 is 0.618. The van der Waals surface area contributed by atoms with Crippen molar-refractivity contribution in [3.63, 3.8) is 0 Å². The molecule has 0 aliphatic heterocycles. The van der Waals surface area contributed by atoms with Crippen LogP contribution in [0.15, 0.2) is 40.5 Å². The number of thiophene rings is 1. The Kier molecular flexibility index (Phi) is 4.76. The monoisotopic (exact) mass is 341 g/mol. The summed E-state index contributed by atoms with van der Waals surface area (Å²) in [4.78, 5) is 33.0. The second-order valence-electron chi connectivity index (χ2n) is 5.88. The van der Waals surface area contributed by atoms with Crippen molar-refractivity contribution in [1.82, 2.24) is 14.9 Å². The number of aromatic amines is 1. The number of rotatable bonds is 5. The fourth-order valence-electron chi connectivity index (χ4n) is 2.51. The molecule has 0 unspecified atom stereocenters. The molecule has 3 rings (SSSR count). The molecule has 24 heavy (non-hydrogen) atoms. The second kappa shape index (κ2) is 6.97. The third-order valence-corrected chi connectivity index (χ3v) is 4.83. The van der Waals surface area contributed by atoms with Gasteiger partial charge in [0.05, 0.1) is 12.1 Å². The van der Waals surface area contributed by atoms with Crippen molar-refractivity contribution in [2.24, 2.45) is 0 Å². The SMILES string of the molecule is Cc1ccc(CCC(=O)N(C)Cc2nc3ccsc3c(=O)[nH]2)cc1. The normalized spacial score (nSPS) is 10.9. The number of hydrogen-bond donors (Lipinski definition) is 1. The van der Waals surface area contributed by atoms with E-state index in [9.17, 15) is 9.59 Å². The number of aromatic nitrogens is 2. The third-order valence-electron chi connectivity index (χ3n) is 3.92. The average molecular weight is 341 g/mol. The molecule has 6 heteroatoms. The molecule has 124 valence electrons. The number of nitrogens with one attached hydrogen (secondary N) is 1. The van der Waals surface area contributed by atoms with Crippen molar-refractivity contribution in [2.45, 2.75) is 26.3 Å². The first-order valence-corrected chi connectivity index (χ1v) is 8.67. The number of fused-ring (bicyclic) bond motifs is 1. The van der Waals surface area contributed by atoms with E-state index in [0.29, 0.717) is 35.4 Å². The predicted molar refractivity (Wildman–Crippen MR) is 96.2 cm³/mol. The lowest BCUT2D eigenvalue weighted by molar-refractivity contribution is -0.130. The van der Waals surface area contributed by atoms with E-state index in [-0.39, 0.29) is 11.5 Å². The lowest BCUT2D eigenvalue weighted by Crippen LogP contribution is -2.28. The van der Waals surface area contributed by atoms with Crippen molar-refractivity contribution in [2.75, 3.05) is 7.05 Å². The van der Waals surface area contributed by atoms with Gasteiger partial charge >= 0.3 is 0 Å². The van der Waals surface area contributed by atoms with Gasteiger partial charge in [0.25, 0.3) is 5.56 Å². The molecular formula is C18H19N3O2S. The van der Waals surface area contributed by atoms with Gasteiger partial charge in [-0.05, 0) is 30.4 Å². The summed E-state index contributed by atoms with van der Waals surface area (Å²) in [5.74, 6) is 0.542. The number of hydrogen-bond acceptors (Lipinski definition) is 4. The minimum atomic E-state index is -0.148. The molecule has 1 N–H and O–H groups in total. The van der Waals surface area contributed by atoms with Crippen LogP contribution in [-0.2, 0) is 17.8 Å². The lowest BCUT2D eigenvalue weighted by Gasteiger charge is -2.16. The summed E-state index contributed by atoms with van der Waals surface area (Å²) in [5.41, 5.74) is 2.89. The van der Waals surface area contributed by atoms with E-state index in [2.05, 4.69) is 9.97 Å². The molecule has 0 saturated heterocycles. The number of carbonyl (C=O) groups excluding carboxylic acids is 1. The Morgan fingerprint density at radius 3 is 2.75 bits per heavy atom. The molecule has 0 saturated carbocycles. The van der Waals surface area contributed by atoms with Crippen molar-refractivity contribution < 1.29 is 4.79 Å². The zero-order valence-corrected chi connectivity index (χ0v) is 14.5. The molecule has 1 aromatic carbocycles. The minimum absolute atomic E-state index is 0.0311. The van der Waals surface area contributed by atoms with Gasteiger partial charge in [0.2, 0.25) is 5.91 Å². The van der Waals surface area contributed by atoms with Crippen LogP contribution in [0.1, 0.15) is 23.4 Å². The maximum Gasteiger partial charge on any atom is 0.268 e. The van der Waals surface area contributed by atoms with Gasteiger partial charge < -0.3 is 9.88 Å². The van der Waals surface area contributed by atoms with E-state index in [1.54, 1.807) is 11.9 Å². The molecule has 0 fully saturated rings. The Hall–Kier alpha value is -2.47. The Bertz CT molecular complexity index is 912. The molecule has 0 radical (unpaired) electrons. The van der Waals surface area contributed by atoms with Gasteiger partial charge in [-0.2, -0.15) is 0 Å². The zero-order chi connectivity index (χ0) is 17.1. The summed E-state index contributed by atoms with van der Waals surface area (Å²) in [7, 11) is 1.73. The molecule has 5 nitrogen and oxygen atoms in total. The number of carbonyl (C=O) groups is 1. The highest BCUT2D eigenvalue weighted by atomic mass is 32.1. The van der Waals surface area contributed by atoms with Crippen LogP contribution in [0, 0.1) is 6.92 Å². The van der Waals surface area contributed by atoms with E-state index in [0.717, 1.165) is 5.56 Å². The van der Waals surface area contributed by atoms with Gasteiger partial charge in [-0.25, -0.2) is 4.98 Å². The van der Waals surface area contributed by atoms with Crippen molar-refractivity contribution in [1.29, 1.82) is 0 Å². The molecular weight excluding hydrogens is 322 g/mol.